The van der Waals surface area contributed by atoms with Crippen LogP contribution in [0.5, 0.6) is 0 Å². The highest BCUT2D eigenvalue weighted by Gasteiger charge is 2.72. The van der Waals surface area contributed by atoms with Crippen molar-refractivity contribution in [3.8, 4) is 0 Å². The summed E-state index contributed by atoms with van der Waals surface area (Å²) in [6.07, 6.45) is 7.86. The normalized spacial score (nSPS) is 44.0. The number of carboxylic acid groups (broad SMARTS) is 2. The number of carbonyl (C=O) groups excluding carboxylic acids is 2. The molecule has 6 aliphatic rings. The Kier molecular flexibility index (Phi) is 9.87. The third-order valence-corrected chi connectivity index (χ3v) is 17.2. The molecule has 0 aromatic rings. The SMILES string of the molecule is C=C(C)CC1CC[C@]2(C(=O)NC3CC(C(=O)O)CC3(F)F)CC[C@]3(C)C(CC[C@@H]4[C@@]5(C)CC[C@H](OC(=O)C(C)(C)CC(=O)O)C(C)(C)[C@@H]5CC[C@]43C)C12. The molecule has 12 atom stereocenters. The molecule has 10 heteroatoms. The summed E-state index contributed by atoms with van der Waals surface area (Å²) in [5.41, 5.74) is -1.20. The van der Waals surface area contributed by atoms with E-state index in [-0.39, 0.29) is 64.3 Å². The Hall–Kier alpha value is -2.52. The summed E-state index contributed by atoms with van der Waals surface area (Å²) in [4.78, 5) is 51.0. The molecule has 0 saturated heterocycles. The van der Waals surface area contributed by atoms with Crippen LogP contribution < -0.4 is 5.32 Å². The number of nitrogens with one attached hydrogen (secondary N) is 1. The van der Waals surface area contributed by atoms with Crippen molar-refractivity contribution in [1.82, 2.24) is 5.32 Å². The number of aliphatic carboxylic acids is 2. The summed E-state index contributed by atoms with van der Waals surface area (Å²) in [6, 6.07) is -1.47. The van der Waals surface area contributed by atoms with Crippen molar-refractivity contribution in [2.75, 3.05) is 0 Å². The van der Waals surface area contributed by atoms with Crippen LogP contribution in [0, 0.1) is 68.0 Å². The van der Waals surface area contributed by atoms with Crippen molar-refractivity contribution in [2.45, 2.75) is 163 Å². The average Bonchev–Trinajstić information content (AvgIpc) is 3.54. The number of alkyl halides is 2. The van der Waals surface area contributed by atoms with Crippen LogP contribution in [0.1, 0.15) is 145 Å². The maximum atomic E-state index is 15.2. The Morgan fingerprint density at radius 1 is 0.868 bits per heavy atom. The van der Waals surface area contributed by atoms with E-state index in [1.807, 2.05) is 6.92 Å². The number of esters is 1. The number of carboxylic acids is 2. The number of carbonyl (C=O) groups is 4. The molecular formula is C43H65F2NO7. The molecule has 0 bridgehead atoms. The maximum Gasteiger partial charge on any atom is 0.312 e. The minimum absolute atomic E-state index is 0.00258. The van der Waals surface area contributed by atoms with Gasteiger partial charge in [-0.25, -0.2) is 8.78 Å². The zero-order chi connectivity index (χ0) is 39.3. The lowest BCUT2D eigenvalue weighted by Gasteiger charge is -2.73. The number of hydrogen-bond acceptors (Lipinski definition) is 5. The quantitative estimate of drug-likeness (QED) is 0.159. The second-order valence-corrected chi connectivity index (χ2v) is 20.8. The lowest BCUT2D eigenvalue weighted by molar-refractivity contribution is -0.250. The molecule has 1 amide bonds. The zero-order valence-electron chi connectivity index (χ0n) is 33.4. The first-order valence-corrected chi connectivity index (χ1v) is 20.3. The van der Waals surface area contributed by atoms with Gasteiger partial charge >= 0.3 is 17.9 Å². The van der Waals surface area contributed by atoms with Gasteiger partial charge in [-0.2, -0.15) is 0 Å². The van der Waals surface area contributed by atoms with Crippen LogP contribution in [0.3, 0.4) is 0 Å². The van der Waals surface area contributed by atoms with Gasteiger partial charge in [0, 0.05) is 11.8 Å². The Morgan fingerprint density at radius 2 is 1.55 bits per heavy atom. The molecule has 298 valence electrons. The zero-order valence-corrected chi connectivity index (χ0v) is 33.4. The summed E-state index contributed by atoms with van der Waals surface area (Å²) >= 11 is 0. The van der Waals surface area contributed by atoms with Crippen LogP contribution in [0.25, 0.3) is 0 Å². The monoisotopic (exact) mass is 745 g/mol. The third-order valence-electron chi connectivity index (χ3n) is 17.2. The van der Waals surface area contributed by atoms with Gasteiger partial charge in [0.15, 0.2) is 0 Å². The van der Waals surface area contributed by atoms with Gasteiger partial charge in [0.05, 0.1) is 29.2 Å². The molecule has 53 heavy (non-hydrogen) atoms. The van der Waals surface area contributed by atoms with E-state index in [1.165, 1.54) is 0 Å². The number of hydrogen-bond donors (Lipinski definition) is 3. The first-order chi connectivity index (χ1) is 24.4. The molecule has 0 radical (unpaired) electrons. The molecule has 0 spiro atoms. The smallest absolute Gasteiger partial charge is 0.312 e. The van der Waals surface area contributed by atoms with Crippen LogP contribution in [0.4, 0.5) is 8.78 Å². The average molecular weight is 746 g/mol. The van der Waals surface area contributed by atoms with Crippen molar-refractivity contribution in [3.63, 3.8) is 0 Å². The van der Waals surface area contributed by atoms with Crippen LogP contribution in [-0.2, 0) is 23.9 Å². The molecule has 6 fully saturated rings. The minimum Gasteiger partial charge on any atom is -0.481 e. The van der Waals surface area contributed by atoms with Crippen LogP contribution in [-0.4, -0.2) is 52.1 Å². The molecular weight excluding hydrogens is 680 g/mol. The van der Waals surface area contributed by atoms with Crippen LogP contribution in [0.2, 0.25) is 0 Å². The van der Waals surface area contributed by atoms with Gasteiger partial charge in [0.2, 0.25) is 5.91 Å². The minimum atomic E-state index is -3.26. The van der Waals surface area contributed by atoms with Gasteiger partial charge in [-0.1, -0.05) is 40.2 Å². The Balaban J connectivity index is 1.27. The van der Waals surface area contributed by atoms with E-state index >= 15 is 8.78 Å². The van der Waals surface area contributed by atoms with E-state index in [9.17, 15) is 29.4 Å². The van der Waals surface area contributed by atoms with Crippen molar-refractivity contribution in [2.24, 2.45) is 68.0 Å². The third kappa shape index (κ3) is 6.17. The molecule has 6 rings (SSSR count). The predicted molar refractivity (Wildman–Crippen MR) is 197 cm³/mol. The van der Waals surface area contributed by atoms with E-state index in [2.05, 4.69) is 46.5 Å². The highest BCUT2D eigenvalue weighted by Crippen LogP contribution is 2.77. The fourth-order valence-corrected chi connectivity index (χ4v) is 14.4. The molecule has 6 saturated carbocycles. The molecule has 6 aliphatic carbocycles. The van der Waals surface area contributed by atoms with Crippen molar-refractivity contribution < 1.29 is 42.9 Å². The second kappa shape index (κ2) is 13.0. The highest BCUT2D eigenvalue weighted by molar-refractivity contribution is 5.84. The molecule has 8 nitrogen and oxygen atoms in total. The van der Waals surface area contributed by atoms with E-state index in [0.29, 0.717) is 24.7 Å². The van der Waals surface area contributed by atoms with E-state index in [0.717, 1.165) is 63.4 Å². The van der Waals surface area contributed by atoms with E-state index < -0.39 is 53.0 Å². The molecule has 5 unspecified atom stereocenters. The number of fused-ring (bicyclic) bond motifs is 7. The Labute approximate surface area is 315 Å². The summed E-state index contributed by atoms with van der Waals surface area (Å²) in [6.45, 7) is 21.5. The molecule has 0 aromatic carbocycles. The number of ether oxygens (including phenoxy) is 1. The molecule has 3 N–H and O–H groups in total. The fraction of sp³-hybridized carbons (Fsp3) is 0.860. The van der Waals surface area contributed by atoms with Gasteiger partial charge in [0.25, 0.3) is 5.92 Å². The Bertz CT molecular complexity index is 1540. The van der Waals surface area contributed by atoms with Gasteiger partial charge < -0.3 is 20.3 Å². The lowest BCUT2D eigenvalue weighted by Crippen LogP contribution is -2.67. The topological polar surface area (TPSA) is 130 Å². The molecule has 0 aromatic heterocycles. The largest absolute Gasteiger partial charge is 0.481 e. The van der Waals surface area contributed by atoms with Gasteiger partial charge in [-0.05, 0) is 144 Å². The van der Waals surface area contributed by atoms with E-state index in [4.69, 9.17) is 4.74 Å². The molecule has 0 heterocycles. The predicted octanol–water partition coefficient (Wildman–Crippen LogP) is 9.06. The second-order valence-electron chi connectivity index (χ2n) is 20.8. The van der Waals surface area contributed by atoms with Crippen molar-refractivity contribution in [1.29, 1.82) is 0 Å². The molecule has 0 aliphatic heterocycles. The fourth-order valence-electron chi connectivity index (χ4n) is 14.4. The maximum absolute atomic E-state index is 15.2. The van der Waals surface area contributed by atoms with Crippen molar-refractivity contribution in [3.05, 3.63) is 12.2 Å². The summed E-state index contributed by atoms with van der Waals surface area (Å²) in [5.74, 6) is -6.20. The summed E-state index contributed by atoms with van der Waals surface area (Å²) in [5, 5.41) is 21.7. The van der Waals surface area contributed by atoms with Crippen LogP contribution in [0.15, 0.2) is 12.2 Å². The number of halogens is 2. The number of rotatable bonds is 9. The van der Waals surface area contributed by atoms with E-state index in [1.54, 1.807) is 13.8 Å². The number of allylic oxidation sites excluding steroid dienone is 1. The first kappa shape index (κ1) is 40.2. The van der Waals surface area contributed by atoms with Crippen LogP contribution >= 0.6 is 0 Å². The van der Waals surface area contributed by atoms with Crippen molar-refractivity contribution >= 4 is 23.8 Å². The highest BCUT2D eigenvalue weighted by atomic mass is 19.3. The standard InChI is InChI=1S/C43H65F2NO7/c1-24(2)20-25-12-17-42(35(51)46-30-21-26(34(49)50)22-43(30,44)45)19-18-40(8)27(33(25)42)10-11-29-39(7)15-14-31(53-36(52)37(3,4)23-32(47)48)38(5,6)28(39)13-16-41(29,40)9/h25-31,33H,1,10-23H2,2-9H3,(H,46,51)(H,47,48)(H,49,50)/t25?,26?,27?,28-,29+,30?,31-,33?,39-,40+,41+,42-/m0/s1. The first-order valence-electron chi connectivity index (χ1n) is 20.3. The van der Waals surface area contributed by atoms with Gasteiger partial charge in [-0.15, -0.1) is 6.58 Å². The van der Waals surface area contributed by atoms with Gasteiger partial charge in [-0.3, -0.25) is 19.2 Å². The lowest BCUT2D eigenvalue weighted by atomic mass is 9.32. The van der Waals surface area contributed by atoms with Gasteiger partial charge in [0.1, 0.15) is 6.10 Å². The summed E-state index contributed by atoms with van der Waals surface area (Å²) < 4.78 is 36.6. The number of amides is 1. The summed E-state index contributed by atoms with van der Waals surface area (Å²) in [7, 11) is 0. The Morgan fingerprint density at radius 3 is 2.15 bits per heavy atom.